The number of ether oxygens (including phenoxy) is 3. The molecule has 0 aromatic carbocycles. The van der Waals surface area contributed by atoms with Crippen LogP contribution in [0.25, 0.3) is 0 Å². The molecule has 0 amide bonds. The van der Waals surface area contributed by atoms with Gasteiger partial charge in [0.2, 0.25) is 0 Å². The third-order valence-corrected chi connectivity index (χ3v) is 8.67. The van der Waals surface area contributed by atoms with Crippen LogP contribution in [0.4, 0.5) is 0 Å². The zero-order chi connectivity index (χ0) is 22.8. The van der Waals surface area contributed by atoms with Crippen LogP contribution in [0.3, 0.4) is 0 Å². The van der Waals surface area contributed by atoms with Gasteiger partial charge in [0.25, 0.3) is 0 Å². The quantitative estimate of drug-likeness (QED) is 0.385. The second-order valence-corrected chi connectivity index (χ2v) is 10.3. The van der Waals surface area contributed by atoms with Crippen molar-refractivity contribution in [2.45, 2.75) is 58.2 Å². The lowest BCUT2D eigenvalue weighted by atomic mass is 9.51. The Morgan fingerprint density at radius 3 is 2.61 bits per heavy atom. The van der Waals surface area contributed by atoms with Crippen LogP contribution in [0.15, 0.2) is 12.2 Å². The van der Waals surface area contributed by atoms with Crippen molar-refractivity contribution in [2.75, 3.05) is 20.3 Å². The second-order valence-electron chi connectivity index (χ2n) is 10.3. The molecule has 0 unspecified atom stereocenters. The number of cyclic esters (lactones) is 1. The fourth-order valence-corrected chi connectivity index (χ4v) is 7.67. The Kier molecular flexibility index (Phi) is 5.25. The minimum Gasteiger partial charge on any atom is -0.466 e. The maximum absolute atomic E-state index is 13.3. The van der Waals surface area contributed by atoms with Crippen molar-refractivity contribution in [3.05, 3.63) is 12.2 Å². The van der Waals surface area contributed by atoms with E-state index < -0.39 is 58.2 Å². The van der Waals surface area contributed by atoms with E-state index in [0.717, 1.165) is 12.8 Å². The summed E-state index contributed by atoms with van der Waals surface area (Å²) in [5, 5.41) is 23.1. The van der Waals surface area contributed by atoms with E-state index in [1.54, 1.807) is 0 Å². The molecule has 172 valence electrons. The molecule has 1 spiro atoms. The monoisotopic (exact) mass is 436 g/mol. The summed E-state index contributed by atoms with van der Waals surface area (Å²) in [4.78, 5) is 36.9. The highest BCUT2D eigenvalue weighted by Crippen LogP contribution is 2.73. The van der Waals surface area contributed by atoms with Crippen LogP contribution in [-0.4, -0.2) is 60.7 Å². The van der Waals surface area contributed by atoms with Crippen molar-refractivity contribution in [3.8, 4) is 0 Å². The van der Waals surface area contributed by atoms with E-state index >= 15 is 0 Å². The molecule has 1 saturated heterocycles. The van der Waals surface area contributed by atoms with Crippen LogP contribution in [0.5, 0.6) is 0 Å². The molecule has 2 N–H and O–H groups in total. The molecule has 1 aliphatic heterocycles. The van der Waals surface area contributed by atoms with Crippen molar-refractivity contribution >= 4 is 17.9 Å². The fraction of sp³-hybridized carbons (Fsp3) is 0.783. The van der Waals surface area contributed by atoms with Gasteiger partial charge in [0.15, 0.2) is 0 Å². The summed E-state index contributed by atoms with van der Waals surface area (Å²) < 4.78 is 15.9. The van der Waals surface area contributed by atoms with Gasteiger partial charge in [-0.25, -0.2) is 4.79 Å². The summed E-state index contributed by atoms with van der Waals surface area (Å²) in [6.45, 7) is 7.44. The average molecular weight is 437 g/mol. The Balaban J connectivity index is 1.79. The van der Waals surface area contributed by atoms with Gasteiger partial charge in [-0.2, -0.15) is 0 Å². The van der Waals surface area contributed by atoms with E-state index in [0.29, 0.717) is 6.42 Å². The highest BCUT2D eigenvalue weighted by atomic mass is 16.5. The molecule has 4 rings (SSSR count). The van der Waals surface area contributed by atoms with Gasteiger partial charge in [-0.15, -0.1) is 0 Å². The molecular formula is C23H32O8. The van der Waals surface area contributed by atoms with Crippen LogP contribution in [0.1, 0.15) is 46.0 Å². The van der Waals surface area contributed by atoms with E-state index in [1.807, 2.05) is 6.92 Å². The maximum atomic E-state index is 13.3. The molecule has 4 aliphatic rings. The number of carbonyl (C=O) groups excluding carboxylic acids is 3. The Morgan fingerprint density at radius 2 is 1.97 bits per heavy atom. The molecule has 8 atom stereocenters. The summed E-state index contributed by atoms with van der Waals surface area (Å²) in [6, 6.07) is 0. The minimum atomic E-state index is -1.33. The van der Waals surface area contributed by atoms with Gasteiger partial charge in [0.05, 0.1) is 32.5 Å². The second kappa shape index (κ2) is 7.30. The lowest BCUT2D eigenvalue weighted by molar-refractivity contribution is -0.206. The van der Waals surface area contributed by atoms with Crippen molar-refractivity contribution in [1.29, 1.82) is 0 Å². The maximum Gasteiger partial charge on any atom is 0.333 e. The largest absolute Gasteiger partial charge is 0.466 e. The molecule has 0 aromatic heterocycles. The molecule has 1 heterocycles. The third kappa shape index (κ3) is 2.90. The normalized spacial score (nSPS) is 45.7. The molecule has 3 saturated carbocycles. The molecular weight excluding hydrogens is 404 g/mol. The zero-order valence-electron chi connectivity index (χ0n) is 18.4. The Morgan fingerprint density at radius 1 is 1.26 bits per heavy atom. The van der Waals surface area contributed by atoms with Crippen molar-refractivity contribution in [2.24, 2.45) is 34.0 Å². The first-order chi connectivity index (χ1) is 14.5. The number of esters is 3. The lowest BCUT2D eigenvalue weighted by Gasteiger charge is -2.56. The van der Waals surface area contributed by atoms with E-state index in [2.05, 4.69) is 6.58 Å². The van der Waals surface area contributed by atoms with Gasteiger partial charge in [0, 0.05) is 35.2 Å². The van der Waals surface area contributed by atoms with E-state index in [4.69, 9.17) is 14.2 Å². The average Bonchev–Trinajstić information content (AvgIpc) is 2.92. The molecule has 31 heavy (non-hydrogen) atoms. The number of hydrogen-bond acceptors (Lipinski definition) is 8. The molecule has 8 nitrogen and oxygen atoms in total. The number of rotatable bonds is 4. The van der Waals surface area contributed by atoms with Gasteiger partial charge in [0.1, 0.15) is 5.41 Å². The molecule has 2 bridgehead atoms. The number of carbonyl (C=O) groups is 3. The van der Waals surface area contributed by atoms with Gasteiger partial charge in [-0.05, 0) is 31.6 Å². The van der Waals surface area contributed by atoms with Crippen LogP contribution in [-0.2, 0) is 28.6 Å². The minimum absolute atomic E-state index is 0.134. The highest BCUT2D eigenvalue weighted by Gasteiger charge is 2.79. The van der Waals surface area contributed by atoms with Crippen molar-refractivity contribution in [1.82, 2.24) is 0 Å². The summed E-state index contributed by atoms with van der Waals surface area (Å²) in [6.07, 6.45) is 0.717. The van der Waals surface area contributed by atoms with Gasteiger partial charge in [-0.1, -0.05) is 19.9 Å². The number of aliphatic hydroxyl groups excluding tert-OH is 2. The first-order valence-corrected chi connectivity index (χ1v) is 11.0. The highest BCUT2D eigenvalue weighted by molar-refractivity contribution is 5.89. The summed E-state index contributed by atoms with van der Waals surface area (Å²) in [5.74, 6) is -2.88. The zero-order valence-corrected chi connectivity index (χ0v) is 18.4. The smallest absolute Gasteiger partial charge is 0.333 e. The molecule has 8 heteroatoms. The molecule has 0 aromatic rings. The number of hydrogen-bond donors (Lipinski definition) is 2. The standard InChI is InChI=1S/C23H32O8/c1-12(19(27)29-4)14-8-15(25)16-22-7-5-6-21(3,10-30-13(2)24)17(22)18(26)23(16,9-14)20(28)31-11-22/h14-18,25-26H,1,5-11H2,2-4H3/t14-,15-,16+,17-,18+,21+,22-,23+/m1/s1. The number of methoxy groups -OCH3 is 1. The molecule has 4 fully saturated rings. The van der Waals surface area contributed by atoms with Crippen LogP contribution >= 0.6 is 0 Å². The first-order valence-electron chi connectivity index (χ1n) is 11.0. The topological polar surface area (TPSA) is 119 Å². The van der Waals surface area contributed by atoms with Gasteiger partial charge in [-0.3, -0.25) is 9.59 Å². The van der Waals surface area contributed by atoms with E-state index in [1.165, 1.54) is 14.0 Å². The Bertz CT molecular complexity index is 822. The molecule has 0 radical (unpaired) electrons. The van der Waals surface area contributed by atoms with Crippen LogP contribution in [0.2, 0.25) is 0 Å². The number of aliphatic hydroxyl groups is 2. The Labute approximate surface area is 181 Å². The summed E-state index contributed by atoms with van der Waals surface area (Å²) >= 11 is 0. The predicted molar refractivity (Wildman–Crippen MR) is 107 cm³/mol. The summed E-state index contributed by atoms with van der Waals surface area (Å²) in [7, 11) is 1.26. The third-order valence-electron chi connectivity index (χ3n) is 8.67. The van der Waals surface area contributed by atoms with Crippen molar-refractivity contribution < 1.29 is 38.8 Å². The predicted octanol–water partition coefficient (Wildman–Crippen LogP) is 1.38. The van der Waals surface area contributed by atoms with E-state index in [-0.39, 0.29) is 37.5 Å². The lowest BCUT2D eigenvalue weighted by Crippen LogP contribution is -2.60. The van der Waals surface area contributed by atoms with E-state index in [9.17, 15) is 24.6 Å². The Hall–Kier alpha value is -1.93. The van der Waals surface area contributed by atoms with Gasteiger partial charge >= 0.3 is 17.9 Å². The van der Waals surface area contributed by atoms with Crippen molar-refractivity contribution in [3.63, 3.8) is 0 Å². The molecule has 3 aliphatic carbocycles. The van der Waals surface area contributed by atoms with Crippen LogP contribution < -0.4 is 0 Å². The van der Waals surface area contributed by atoms with Crippen LogP contribution in [0, 0.1) is 34.0 Å². The SMILES string of the molecule is C=C(C(=O)OC)[C@@H]1C[C@@H](O)[C@H]2[C@]34CCC[C@@](C)(COC(C)=O)[C@H]3[C@H](O)[C@@]2(C1)C(=O)OC4. The fourth-order valence-electron chi connectivity index (χ4n) is 7.67. The first kappa shape index (κ1) is 22.3. The summed E-state index contributed by atoms with van der Waals surface area (Å²) in [5.41, 5.74) is -2.30. The van der Waals surface area contributed by atoms with Gasteiger partial charge < -0.3 is 24.4 Å².